The number of hydrogen-bond acceptors (Lipinski definition) is 1. The van der Waals surface area contributed by atoms with Crippen LogP contribution >= 0.6 is 22.6 Å². The van der Waals surface area contributed by atoms with Gasteiger partial charge in [0.15, 0.2) is 5.78 Å². The van der Waals surface area contributed by atoms with Crippen molar-refractivity contribution >= 4 is 49.9 Å². The molecule has 0 amide bonds. The van der Waals surface area contributed by atoms with Crippen LogP contribution in [-0.4, -0.2) is 5.78 Å². The highest BCUT2D eigenvalue weighted by Crippen LogP contribution is 2.30. The number of fused-ring (bicyclic) bond motifs is 3. The lowest BCUT2D eigenvalue weighted by Crippen LogP contribution is -1.92. The van der Waals surface area contributed by atoms with E-state index in [9.17, 15) is 4.79 Å². The third kappa shape index (κ3) is 1.81. The molecule has 3 rings (SSSR count). The van der Waals surface area contributed by atoms with E-state index in [0.29, 0.717) is 0 Å². The van der Waals surface area contributed by atoms with Crippen molar-refractivity contribution in [1.29, 1.82) is 0 Å². The van der Waals surface area contributed by atoms with Gasteiger partial charge in [-0.15, -0.1) is 0 Å². The van der Waals surface area contributed by atoms with Crippen LogP contribution in [0.3, 0.4) is 0 Å². The summed E-state index contributed by atoms with van der Waals surface area (Å²) in [5, 5.41) is 4.79. The topological polar surface area (TPSA) is 17.1 Å². The van der Waals surface area contributed by atoms with Gasteiger partial charge in [-0.1, -0.05) is 36.4 Å². The van der Waals surface area contributed by atoms with E-state index in [1.807, 2.05) is 30.3 Å². The Morgan fingerprint density at radius 3 is 2.39 bits per heavy atom. The van der Waals surface area contributed by atoms with Crippen molar-refractivity contribution < 1.29 is 4.79 Å². The van der Waals surface area contributed by atoms with Gasteiger partial charge in [0, 0.05) is 9.13 Å². The fourth-order valence-corrected chi connectivity index (χ4v) is 3.08. The van der Waals surface area contributed by atoms with Gasteiger partial charge in [-0.05, 0) is 63.2 Å². The van der Waals surface area contributed by atoms with E-state index >= 15 is 0 Å². The second-order valence-electron chi connectivity index (χ2n) is 4.40. The van der Waals surface area contributed by atoms with Crippen LogP contribution in [0.15, 0.2) is 48.5 Å². The van der Waals surface area contributed by atoms with Crippen LogP contribution in [-0.2, 0) is 0 Å². The molecule has 0 fully saturated rings. The van der Waals surface area contributed by atoms with E-state index in [2.05, 4.69) is 40.8 Å². The number of ketones is 1. The quantitative estimate of drug-likeness (QED) is 0.351. The molecule has 0 aliphatic heterocycles. The Morgan fingerprint density at radius 1 is 0.944 bits per heavy atom. The van der Waals surface area contributed by atoms with Gasteiger partial charge < -0.3 is 0 Å². The van der Waals surface area contributed by atoms with Gasteiger partial charge in [0.25, 0.3) is 0 Å². The molecule has 0 aromatic heterocycles. The molecule has 0 bridgehead atoms. The van der Waals surface area contributed by atoms with Crippen molar-refractivity contribution in [2.24, 2.45) is 0 Å². The summed E-state index contributed by atoms with van der Waals surface area (Å²) in [6, 6.07) is 16.4. The molecule has 0 saturated heterocycles. The van der Waals surface area contributed by atoms with Crippen LogP contribution in [0.1, 0.15) is 17.3 Å². The van der Waals surface area contributed by atoms with E-state index in [4.69, 9.17) is 0 Å². The molecule has 0 spiro atoms. The molecule has 0 heterocycles. The molecule has 0 aliphatic carbocycles. The Kier molecular flexibility index (Phi) is 2.82. The van der Waals surface area contributed by atoms with Gasteiger partial charge in [0.2, 0.25) is 0 Å². The van der Waals surface area contributed by atoms with Crippen molar-refractivity contribution in [2.45, 2.75) is 6.92 Å². The van der Waals surface area contributed by atoms with Crippen molar-refractivity contribution in [1.82, 2.24) is 0 Å². The van der Waals surface area contributed by atoms with E-state index in [1.54, 1.807) is 6.92 Å². The Morgan fingerprint density at radius 2 is 1.67 bits per heavy atom. The zero-order chi connectivity index (χ0) is 12.7. The van der Waals surface area contributed by atoms with Crippen LogP contribution in [0.5, 0.6) is 0 Å². The highest BCUT2D eigenvalue weighted by molar-refractivity contribution is 14.1. The number of Topliss-reactive ketones (excluding diaryl/α,β-unsaturated/α-hetero) is 1. The number of carbonyl (C=O) groups is 1. The first kappa shape index (κ1) is 11.7. The first-order valence-electron chi connectivity index (χ1n) is 5.79. The minimum atomic E-state index is 0.111. The lowest BCUT2D eigenvalue weighted by Gasteiger charge is -2.07. The van der Waals surface area contributed by atoms with Crippen LogP contribution in [0.4, 0.5) is 0 Å². The molecule has 0 N–H and O–H groups in total. The average molecular weight is 346 g/mol. The lowest BCUT2D eigenvalue weighted by atomic mass is 9.99. The standard InChI is InChI=1S/C16H11IO/c1-10(18)11-6-7-12-9-16(17)14-5-3-2-4-13(14)15(12)8-11/h2-9H,1H3. The summed E-state index contributed by atoms with van der Waals surface area (Å²) in [6.45, 7) is 1.61. The average Bonchev–Trinajstić information content (AvgIpc) is 2.38. The van der Waals surface area contributed by atoms with Crippen molar-refractivity contribution in [3.05, 3.63) is 57.7 Å². The zero-order valence-corrected chi connectivity index (χ0v) is 12.1. The zero-order valence-electron chi connectivity index (χ0n) is 9.91. The Balaban J connectivity index is 2.50. The number of hydrogen-bond donors (Lipinski definition) is 0. The normalized spacial score (nSPS) is 11.0. The fourth-order valence-electron chi connectivity index (χ4n) is 2.27. The summed E-state index contributed by atoms with van der Waals surface area (Å²) < 4.78 is 1.24. The molecular weight excluding hydrogens is 335 g/mol. The van der Waals surface area contributed by atoms with Crippen LogP contribution in [0.2, 0.25) is 0 Å². The SMILES string of the molecule is CC(=O)c1ccc2cc(I)c3ccccc3c2c1. The number of carbonyl (C=O) groups excluding carboxylic acids is 1. The Hall–Kier alpha value is -1.42. The maximum Gasteiger partial charge on any atom is 0.159 e. The third-order valence-corrected chi connectivity index (χ3v) is 4.11. The molecule has 0 aliphatic rings. The monoisotopic (exact) mass is 346 g/mol. The first-order valence-corrected chi connectivity index (χ1v) is 6.86. The molecule has 0 radical (unpaired) electrons. The maximum atomic E-state index is 11.5. The smallest absolute Gasteiger partial charge is 0.159 e. The second kappa shape index (κ2) is 4.35. The maximum absolute atomic E-state index is 11.5. The summed E-state index contributed by atoms with van der Waals surface area (Å²) in [4.78, 5) is 11.5. The van der Waals surface area contributed by atoms with E-state index < -0.39 is 0 Å². The van der Waals surface area contributed by atoms with Crippen molar-refractivity contribution in [3.8, 4) is 0 Å². The number of rotatable bonds is 1. The molecular formula is C16H11IO. The Bertz CT molecular complexity index is 774. The molecule has 0 unspecified atom stereocenters. The first-order chi connectivity index (χ1) is 8.66. The number of halogens is 1. The summed E-state index contributed by atoms with van der Waals surface area (Å²) in [6.07, 6.45) is 0. The molecule has 88 valence electrons. The molecule has 1 nitrogen and oxygen atoms in total. The van der Waals surface area contributed by atoms with E-state index in [0.717, 1.165) is 10.9 Å². The predicted octanol–water partition coefficient (Wildman–Crippen LogP) is 4.80. The van der Waals surface area contributed by atoms with Gasteiger partial charge in [-0.3, -0.25) is 4.79 Å². The van der Waals surface area contributed by atoms with Crippen molar-refractivity contribution in [3.63, 3.8) is 0 Å². The van der Waals surface area contributed by atoms with Gasteiger partial charge in [0.05, 0.1) is 0 Å². The minimum absolute atomic E-state index is 0.111. The summed E-state index contributed by atoms with van der Waals surface area (Å²) in [5.74, 6) is 0.111. The summed E-state index contributed by atoms with van der Waals surface area (Å²) in [5.41, 5.74) is 0.772. The molecule has 3 aromatic carbocycles. The van der Waals surface area contributed by atoms with Gasteiger partial charge >= 0.3 is 0 Å². The second-order valence-corrected chi connectivity index (χ2v) is 5.56. The van der Waals surface area contributed by atoms with Crippen LogP contribution in [0.25, 0.3) is 21.5 Å². The van der Waals surface area contributed by atoms with Gasteiger partial charge in [0.1, 0.15) is 0 Å². The summed E-state index contributed by atoms with van der Waals surface area (Å²) in [7, 11) is 0. The summed E-state index contributed by atoms with van der Waals surface area (Å²) >= 11 is 2.36. The fraction of sp³-hybridized carbons (Fsp3) is 0.0625. The molecule has 2 heteroatoms. The molecule has 0 saturated carbocycles. The van der Waals surface area contributed by atoms with Crippen LogP contribution in [0, 0.1) is 3.57 Å². The molecule has 18 heavy (non-hydrogen) atoms. The Labute approximate surface area is 119 Å². The number of benzene rings is 3. The van der Waals surface area contributed by atoms with Crippen LogP contribution < -0.4 is 0 Å². The third-order valence-electron chi connectivity index (χ3n) is 3.22. The van der Waals surface area contributed by atoms with Crippen molar-refractivity contribution in [2.75, 3.05) is 0 Å². The molecule has 3 aromatic rings. The van der Waals surface area contributed by atoms with Gasteiger partial charge in [-0.25, -0.2) is 0 Å². The minimum Gasteiger partial charge on any atom is -0.295 e. The largest absolute Gasteiger partial charge is 0.295 e. The molecule has 0 atom stereocenters. The predicted molar refractivity (Wildman–Crippen MR) is 84.2 cm³/mol. The van der Waals surface area contributed by atoms with Gasteiger partial charge in [-0.2, -0.15) is 0 Å². The lowest BCUT2D eigenvalue weighted by molar-refractivity contribution is 0.101. The highest BCUT2D eigenvalue weighted by atomic mass is 127. The van der Waals surface area contributed by atoms with E-state index in [1.165, 1.54) is 19.7 Å². The van der Waals surface area contributed by atoms with E-state index in [-0.39, 0.29) is 5.78 Å². The highest BCUT2D eigenvalue weighted by Gasteiger charge is 2.06.